The third-order valence-corrected chi connectivity index (χ3v) is 6.44. The molecular formula is C24H22ClN5O2S. The van der Waals surface area contributed by atoms with Crippen LogP contribution in [0.4, 0.5) is 5.69 Å². The number of thioether (sulfide) groups is 1. The topological polar surface area (TPSA) is 88.9 Å². The van der Waals surface area contributed by atoms with Crippen molar-refractivity contribution in [1.82, 2.24) is 20.1 Å². The molecule has 0 spiro atoms. The number of rotatable bonds is 7. The molecule has 0 saturated heterocycles. The second-order valence-corrected chi connectivity index (χ2v) is 8.82. The second kappa shape index (κ2) is 10.1. The van der Waals surface area contributed by atoms with Gasteiger partial charge in [-0.1, -0.05) is 65.8 Å². The van der Waals surface area contributed by atoms with E-state index < -0.39 is 6.04 Å². The van der Waals surface area contributed by atoms with E-state index in [-0.39, 0.29) is 17.6 Å². The zero-order valence-electron chi connectivity index (χ0n) is 18.1. The van der Waals surface area contributed by atoms with Crippen molar-refractivity contribution in [3.63, 3.8) is 0 Å². The van der Waals surface area contributed by atoms with Gasteiger partial charge in [0.1, 0.15) is 0 Å². The predicted octanol–water partition coefficient (Wildman–Crippen LogP) is 4.84. The molecule has 0 aliphatic carbocycles. The molecule has 4 aromatic rings. The fourth-order valence-electron chi connectivity index (χ4n) is 3.41. The van der Waals surface area contributed by atoms with Crippen molar-refractivity contribution in [2.24, 2.45) is 7.05 Å². The SMILES string of the molecule is C[C@H](NC(=O)c1ccccc1Cl)c1nnc(SCC(=O)Nc2ccc3ccccc3c2)n1C. The number of hydrogen-bond donors (Lipinski definition) is 2. The number of nitrogens with one attached hydrogen (secondary N) is 2. The molecule has 0 bridgehead atoms. The minimum absolute atomic E-state index is 0.139. The summed E-state index contributed by atoms with van der Waals surface area (Å²) < 4.78 is 1.77. The third-order valence-electron chi connectivity index (χ3n) is 5.09. The molecule has 0 radical (unpaired) electrons. The first kappa shape index (κ1) is 22.8. The summed E-state index contributed by atoms with van der Waals surface area (Å²) in [7, 11) is 1.80. The van der Waals surface area contributed by atoms with E-state index in [9.17, 15) is 9.59 Å². The molecule has 1 aromatic heterocycles. The molecule has 168 valence electrons. The van der Waals surface area contributed by atoms with Gasteiger partial charge < -0.3 is 15.2 Å². The Kier molecular flexibility index (Phi) is 6.96. The highest BCUT2D eigenvalue weighted by molar-refractivity contribution is 7.99. The van der Waals surface area contributed by atoms with Crippen LogP contribution in [-0.4, -0.2) is 32.3 Å². The first-order chi connectivity index (χ1) is 15.9. The summed E-state index contributed by atoms with van der Waals surface area (Å²) in [5.41, 5.74) is 1.14. The quantitative estimate of drug-likeness (QED) is 0.370. The minimum Gasteiger partial charge on any atom is -0.342 e. The number of amides is 2. The van der Waals surface area contributed by atoms with Crippen LogP contribution in [0.1, 0.15) is 29.1 Å². The molecule has 2 N–H and O–H groups in total. The van der Waals surface area contributed by atoms with Crippen LogP contribution in [-0.2, 0) is 11.8 Å². The normalized spacial score (nSPS) is 11.8. The van der Waals surface area contributed by atoms with Gasteiger partial charge in [0, 0.05) is 12.7 Å². The van der Waals surface area contributed by atoms with E-state index in [0.29, 0.717) is 21.6 Å². The van der Waals surface area contributed by atoms with E-state index in [0.717, 1.165) is 16.5 Å². The first-order valence-electron chi connectivity index (χ1n) is 10.3. The molecule has 1 heterocycles. The summed E-state index contributed by atoms with van der Waals surface area (Å²) in [6, 6.07) is 20.2. The van der Waals surface area contributed by atoms with Crippen molar-refractivity contribution in [2.45, 2.75) is 18.1 Å². The van der Waals surface area contributed by atoms with Crippen LogP contribution in [0.25, 0.3) is 10.8 Å². The van der Waals surface area contributed by atoms with Crippen molar-refractivity contribution in [2.75, 3.05) is 11.1 Å². The Bertz CT molecular complexity index is 1320. The largest absolute Gasteiger partial charge is 0.342 e. The summed E-state index contributed by atoms with van der Waals surface area (Å²) >= 11 is 7.38. The Hall–Kier alpha value is -3.36. The van der Waals surface area contributed by atoms with Gasteiger partial charge in [-0.2, -0.15) is 0 Å². The van der Waals surface area contributed by atoms with Gasteiger partial charge in [-0.05, 0) is 42.0 Å². The van der Waals surface area contributed by atoms with Gasteiger partial charge in [-0.3, -0.25) is 9.59 Å². The van der Waals surface area contributed by atoms with Gasteiger partial charge in [0.15, 0.2) is 11.0 Å². The highest BCUT2D eigenvalue weighted by Crippen LogP contribution is 2.22. The molecule has 33 heavy (non-hydrogen) atoms. The average Bonchev–Trinajstić information content (AvgIpc) is 3.18. The molecule has 9 heteroatoms. The molecule has 0 aliphatic heterocycles. The number of carbonyl (C=O) groups is 2. The van der Waals surface area contributed by atoms with E-state index in [1.165, 1.54) is 11.8 Å². The number of nitrogens with zero attached hydrogens (tertiary/aromatic N) is 3. The highest BCUT2D eigenvalue weighted by atomic mass is 35.5. The zero-order valence-corrected chi connectivity index (χ0v) is 19.7. The van der Waals surface area contributed by atoms with Crippen molar-refractivity contribution in [3.8, 4) is 0 Å². The third kappa shape index (κ3) is 5.35. The van der Waals surface area contributed by atoms with Gasteiger partial charge in [-0.25, -0.2) is 0 Å². The predicted molar refractivity (Wildman–Crippen MR) is 132 cm³/mol. The molecule has 0 aliphatic rings. The smallest absolute Gasteiger partial charge is 0.253 e. The number of anilines is 1. The number of fused-ring (bicyclic) bond motifs is 1. The Balaban J connectivity index is 1.35. The van der Waals surface area contributed by atoms with Crippen molar-refractivity contribution >= 4 is 51.6 Å². The van der Waals surface area contributed by atoms with Crippen LogP contribution < -0.4 is 10.6 Å². The molecule has 1 atom stereocenters. The van der Waals surface area contributed by atoms with Crippen LogP contribution in [0.3, 0.4) is 0 Å². The summed E-state index contributed by atoms with van der Waals surface area (Å²) in [6.45, 7) is 1.82. The number of benzene rings is 3. The monoisotopic (exact) mass is 479 g/mol. The second-order valence-electron chi connectivity index (χ2n) is 7.47. The maximum atomic E-state index is 12.5. The van der Waals surface area contributed by atoms with Gasteiger partial charge in [0.25, 0.3) is 5.91 Å². The number of halogens is 1. The van der Waals surface area contributed by atoms with Crippen LogP contribution in [0, 0.1) is 0 Å². The van der Waals surface area contributed by atoms with Gasteiger partial charge in [-0.15, -0.1) is 10.2 Å². The van der Waals surface area contributed by atoms with Crippen LogP contribution in [0.5, 0.6) is 0 Å². The van der Waals surface area contributed by atoms with Crippen LogP contribution >= 0.6 is 23.4 Å². The maximum Gasteiger partial charge on any atom is 0.253 e. The van der Waals surface area contributed by atoms with Gasteiger partial charge in [0.05, 0.1) is 22.4 Å². The number of aromatic nitrogens is 3. The fraction of sp³-hybridized carbons (Fsp3) is 0.167. The Labute approximate surface area is 200 Å². The lowest BCUT2D eigenvalue weighted by atomic mass is 10.1. The molecule has 0 saturated carbocycles. The van der Waals surface area contributed by atoms with E-state index in [1.807, 2.05) is 49.4 Å². The number of hydrogen-bond acceptors (Lipinski definition) is 5. The maximum absolute atomic E-state index is 12.5. The summed E-state index contributed by atoms with van der Waals surface area (Å²) in [5, 5.41) is 17.3. The van der Waals surface area contributed by atoms with E-state index in [4.69, 9.17) is 11.6 Å². The molecule has 4 rings (SSSR count). The molecule has 0 unspecified atom stereocenters. The zero-order chi connectivity index (χ0) is 23.4. The van der Waals surface area contributed by atoms with Gasteiger partial charge >= 0.3 is 0 Å². The minimum atomic E-state index is -0.396. The molecular weight excluding hydrogens is 458 g/mol. The highest BCUT2D eigenvalue weighted by Gasteiger charge is 2.20. The van der Waals surface area contributed by atoms with E-state index in [2.05, 4.69) is 20.8 Å². The van der Waals surface area contributed by atoms with E-state index in [1.54, 1.807) is 35.9 Å². The van der Waals surface area contributed by atoms with Crippen molar-refractivity contribution in [1.29, 1.82) is 0 Å². The lowest BCUT2D eigenvalue weighted by Crippen LogP contribution is -2.28. The van der Waals surface area contributed by atoms with Crippen LogP contribution in [0.2, 0.25) is 5.02 Å². The Morgan fingerprint density at radius 2 is 1.76 bits per heavy atom. The molecule has 2 amide bonds. The summed E-state index contributed by atoms with van der Waals surface area (Å²) in [5.74, 6) is 0.326. The first-order valence-corrected chi connectivity index (χ1v) is 11.6. The molecule has 7 nitrogen and oxygen atoms in total. The standard InChI is InChI=1S/C24H22ClN5O2S/c1-15(26-23(32)19-9-5-6-10-20(19)25)22-28-29-24(30(22)2)33-14-21(31)27-18-12-11-16-7-3-4-8-17(16)13-18/h3-13,15H,14H2,1-2H3,(H,26,32)(H,27,31)/t15-/m0/s1. The molecule has 0 fully saturated rings. The van der Waals surface area contributed by atoms with Crippen molar-refractivity contribution in [3.05, 3.63) is 83.1 Å². The lowest BCUT2D eigenvalue weighted by Gasteiger charge is -2.14. The number of carbonyl (C=O) groups excluding carboxylic acids is 2. The summed E-state index contributed by atoms with van der Waals surface area (Å²) in [6.07, 6.45) is 0. The molecule has 3 aromatic carbocycles. The van der Waals surface area contributed by atoms with Crippen LogP contribution in [0.15, 0.2) is 71.9 Å². The van der Waals surface area contributed by atoms with E-state index >= 15 is 0 Å². The van der Waals surface area contributed by atoms with Crippen molar-refractivity contribution < 1.29 is 9.59 Å². The Morgan fingerprint density at radius 1 is 1.03 bits per heavy atom. The average molecular weight is 480 g/mol. The Morgan fingerprint density at radius 3 is 2.55 bits per heavy atom. The lowest BCUT2D eigenvalue weighted by molar-refractivity contribution is -0.113. The fourth-order valence-corrected chi connectivity index (χ4v) is 4.35. The van der Waals surface area contributed by atoms with Gasteiger partial charge in [0.2, 0.25) is 5.91 Å². The summed E-state index contributed by atoms with van der Waals surface area (Å²) in [4.78, 5) is 25.0.